The number of hydrogen-bond donors (Lipinski definition) is 0. The SMILES string of the molecule is CCCCCCC(CCCCC)C1CCCN(C)C1. The number of unbranched alkanes of at least 4 members (excludes halogenated alkanes) is 5. The minimum atomic E-state index is 0.997. The summed E-state index contributed by atoms with van der Waals surface area (Å²) >= 11 is 0. The summed E-state index contributed by atoms with van der Waals surface area (Å²) in [6.07, 6.45) is 15.9. The van der Waals surface area contributed by atoms with E-state index in [1.165, 1.54) is 83.7 Å². The van der Waals surface area contributed by atoms with Crippen LogP contribution in [-0.2, 0) is 0 Å². The quantitative estimate of drug-likeness (QED) is 0.473. The van der Waals surface area contributed by atoms with Crippen LogP contribution in [0.2, 0.25) is 0 Å². The molecule has 2 unspecified atom stereocenters. The normalized spacial score (nSPS) is 22.6. The molecule has 0 aromatic rings. The summed E-state index contributed by atoms with van der Waals surface area (Å²) in [7, 11) is 2.31. The molecule has 1 rings (SSSR count). The molecular weight excluding hydrogens is 230 g/mol. The summed E-state index contributed by atoms with van der Waals surface area (Å²) in [5.74, 6) is 2.02. The number of likely N-dealkylation sites (tertiary alicyclic amines) is 1. The molecule has 0 N–H and O–H groups in total. The van der Waals surface area contributed by atoms with E-state index in [2.05, 4.69) is 25.8 Å². The maximum absolute atomic E-state index is 2.56. The highest BCUT2D eigenvalue weighted by molar-refractivity contribution is 4.77. The Labute approximate surface area is 122 Å². The first kappa shape index (κ1) is 17.0. The summed E-state index contributed by atoms with van der Waals surface area (Å²) in [5, 5.41) is 0. The third-order valence-electron chi connectivity index (χ3n) is 4.93. The fourth-order valence-corrected chi connectivity index (χ4v) is 3.70. The zero-order valence-corrected chi connectivity index (χ0v) is 13.8. The van der Waals surface area contributed by atoms with Crippen LogP contribution in [0.1, 0.15) is 84.5 Å². The van der Waals surface area contributed by atoms with Gasteiger partial charge < -0.3 is 4.90 Å². The van der Waals surface area contributed by atoms with Crippen molar-refractivity contribution in [1.82, 2.24) is 4.90 Å². The van der Waals surface area contributed by atoms with Crippen molar-refractivity contribution < 1.29 is 0 Å². The molecule has 0 saturated carbocycles. The molecule has 1 fully saturated rings. The zero-order chi connectivity index (χ0) is 13.9. The van der Waals surface area contributed by atoms with Crippen molar-refractivity contribution in [2.24, 2.45) is 11.8 Å². The molecule has 1 aliphatic heterocycles. The summed E-state index contributed by atoms with van der Waals surface area (Å²) in [5.41, 5.74) is 0. The minimum Gasteiger partial charge on any atom is -0.306 e. The first-order valence-corrected chi connectivity index (χ1v) is 8.96. The van der Waals surface area contributed by atoms with Gasteiger partial charge in [-0.05, 0) is 38.3 Å². The van der Waals surface area contributed by atoms with Gasteiger partial charge >= 0.3 is 0 Å². The second kappa shape index (κ2) is 10.7. The van der Waals surface area contributed by atoms with Crippen molar-refractivity contribution in [3.8, 4) is 0 Å². The van der Waals surface area contributed by atoms with Crippen LogP contribution in [0.5, 0.6) is 0 Å². The largest absolute Gasteiger partial charge is 0.306 e. The lowest BCUT2D eigenvalue weighted by molar-refractivity contribution is 0.144. The molecule has 1 saturated heterocycles. The van der Waals surface area contributed by atoms with Gasteiger partial charge in [-0.1, -0.05) is 71.6 Å². The van der Waals surface area contributed by atoms with Crippen LogP contribution in [0.4, 0.5) is 0 Å². The Hall–Kier alpha value is -0.0400. The Morgan fingerprint density at radius 1 is 0.947 bits per heavy atom. The van der Waals surface area contributed by atoms with Gasteiger partial charge in [-0.15, -0.1) is 0 Å². The van der Waals surface area contributed by atoms with Crippen LogP contribution in [0.25, 0.3) is 0 Å². The highest BCUT2D eigenvalue weighted by Crippen LogP contribution is 2.31. The molecule has 0 aromatic carbocycles. The molecule has 0 aliphatic carbocycles. The minimum absolute atomic E-state index is 0.997. The van der Waals surface area contributed by atoms with Crippen molar-refractivity contribution in [3.05, 3.63) is 0 Å². The van der Waals surface area contributed by atoms with Crippen molar-refractivity contribution in [2.75, 3.05) is 20.1 Å². The second-order valence-corrected chi connectivity index (χ2v) is 6.77. The Balaban J connectivity index is 2.33. The molecule has 1 aliphatic rings. The fraction of sp³-hybridized carbons (Fsp3) is 1.00. The maximum Gasteiger partial charge on any atom is 0.000926 e. The Morgan fingerprint density at radius 2 is 1.58 bits per heavy atom. The lowest BCUT2D eigenvalue weighted by Crippen LogP contribution is -2.35. The number of hydrogen-bond acceptors (Lipinski definition) is 1. The van der Waals surface area contributed by atoms with Gasteiger partial charge in [0.1, 0.15) is 0 Å². The van der Waals surface area contributed by atoms with Crippen molar-refractivity contribution >= 4 is 0 Å². The highest BCUT2D eigenvalue weighted by Gasteiger charge is 2.24. The smallest absolute Gasteiger partial charge is 0.000926 e. The molecule has 0 aromatic heterocycles. The van der Waals surface area contributed by atoms with E-state index in [0.717, 1.165) is 11.8 Å². The average molecular weight is 268 g/mol. The topological polar surface area (TPSA) is 3.24 Å². The number of rotatable bonds is 10. The van der Waals surface area contributed by atoms with E-state index in [0.29, 0.717) is 0 Å². The molecule has 19 heavy (non-hydrogen) atoms. The van der Waals surface area contributed by atoms with Crippen LogP contribution in [-0.4, -0.2) is 25.0 Å². The molecule has 0 radical (unpaired) electrons. The maximum atomic E-state index is 2.56. The van der Waals surface area contributed by atoms with Gasteiger partial charge in [-0.2, -0.15) is 0 Å². The second-order valence-electron chi connectivity index (χ2n) is 6.77. The van der Waals surface area contributed by atoms with E-state index in [4.69, 9.17) is 0 Å². The Morgan fingerprint density at radius 3 is 2.21 bits per heavy atom. The van der Waals surface area contributed by atoms with E-state index in [1.54, 1.807) is 0 Å². The van der Waals surface area contributed by atoms with E-state index in [9.17, 15) is 0 Å². The number of nitrogens with zero attached hydrogens (tertiary/aromatic N) is 1. The first-order chi connectivity index (χ1) is 9.27. The third kappa shape index (κ3) is 7.34. The predicted octanol–water partition coefficient (Wildman–Crippen LogP) is 5.50. The summed E-state index contributed by atoms with van der Waals surface area (Å²) < 4.78 is 0. The monoisotopic (exact) mass is 267 g/mol. The lowest BCUT2D eigenvalue weighted by Gasteiger charge is -2.35. The van der Waals surface area contributed by atoms with E-state index >= 15 is 0 Å². The van der Waals surface area contributed by atoms with Gasteiger partial charge in [0.15, 0.2) is 0 Å². The fourth-order valence-electron chi connectivity index (χ4n) is 3.70. The molecule has 1 nitrogen and oxygen atoms in total. The molecule has 0 amide bonds. The van der Waals surface area contributed by atoms with Gasteiger partial charge in [0.2, 0.25) is 0 Å². The van der Waals surface area contributed by atoms with Crippen LogP contribution in [0.3, 0.4) is 0 Å². The molecule has 114 valence electrons. The first-order valence-electron chi connectivity index (χ1n) is 8.96. The van der Waals surface area contributed by atoms with Crippen LogP contribution >= 0.6 is 0 Å². The molecular formula is C18H37N. The molecule has 1 heterocycles. The van der Waals surface area contributed by atoms with Crippen molar-refractivity contribution in [3.63, 3.8) is 0 Å². The standard InChI is InChI=1S/C18H37N/c1-4-6-8-10-13-17(12-9-7-5-2)18-14-11-15-19(3)16-18/h17-18H,4-16H2,1-3H3. The van der Waals surface area contributed by atoms with Crippen molar-refractivity contribution in [1.29, 1.82) is 0 Å². The van der Waals surface area contributed by atoms with Crippen LogP contribution in [0, 0.1) is 11.8 Å². The number of piperidine rings is 1. The Bertz CT molecular complexity index is 202. The third-order valence-corrected chi connectivity index (χ3v) is 4.93. The van der Waals surface area contributed by atoms with Crippen LogP contribution < -0.4 is 0 Å². The summed E-state index contributed by atoms with van der Waals surface area (Å²) in [4.78, 5) is 2.56. The van der Waals surface area contributed by atoms with Crippen molar-refractivity contribution in [2.45, 2.75) is 84.5 Å². The van der Waals surface area contributed by atoms with Gasteiger partial charge in [0.25, 0.3) is 0 Å². The molecule has 2 atom stereocenters. The summed E-state index contributed by atoms with van der Waals surface area (Å²) in [6, 6.07) is 0. The van der Waals surface area contributed by atoms with Gasteiger partial charge in [-0.3, -0.25) is 0 Å². The predicted molar refractivity (Wildman–Crippen MR) is 86.6 cm³/mol. The van der Waals surface area contributed by atoms with Crippen LogP contribution in [0.15, 0.2) is 0 Å². The highest BCUT2D eigenvalue weighted by atomic mass is 15.1. The molecule has 0 spiro atoms. The van der Waals surface area contributed by atoms with E-state index in [1.807, 2.05) is 0 Å². The summed E-state index contributed by atoms with van der Waals surface area (Å²) in [6.45, 7) is 7.33. The van der Waals surface area contributed by atoms with E-state index in [-0.39, 0.29) is 0 Å². The molecule has 0 bridgehead atoms. The van der Waals surface area contributed by atoms with Gasteiger partial charge in [0, 0.05) is 6.54 Å². The van der Waals surface area contributed by atoms with Gasteiger partial charge in [-0.25, -0.2) is 0 Å². The van der Waals surface area contributed by atoms with Gasteiger partial charge in [0.05, 0.1) is 0 Å². The average Bonchev–Trinajstić information content (AvgIpc) is 2.41. The zero-order valence-electron chi connectivity index (χ0n) is 13.8. The lowest BCUT2D eigenvalue weighted by atomic mass is 9.79. The Kier molecular flexibility index (Phi) is 9.59. The molecule has 1 heteroatoms. The van der Waals surface area contributed by atoms with E-state index < -0.39 is 0 Å².